The van der Waals surface area contributed by atoms with Gasteiger partial charge in [-0.2, -0.15) is 5.10 Å². The molecule has 1 aliphatic carbocycles. The maximum absolute atomic E-state index is 14.8. The molecule has 0 spiro atoms. The van der Waals surface area contributed by atoms with Gasteiger partial charge >= 0.3 is 0 Å². The van der Waals surface area contributed by atoms with Gasteiger partial charge in [-0.3, -0.25) is 9.82 Å². The Bertz CT molecular complexity index is 1130. The molecule has 0 radical (unpaired) electrons. The number of unbranched alkanes of at least 4 members (excludes halogenated alkanes) is 1. The number of anilines is 2. The molecule has 0 bridgehead atoms. The summed E-state index contributed by atoms with van der Waals surface area (Å²) in [5.41, 5.74) is 5.34. The van der Waals surface area contributed by atoms with Crippen LogP contribution in [0.1, 0.15) is 101 Å². The van der Waals surface area contributed by atoms with E-state index in [0.29, 0.717) is 29.9 Å². The van der Waals surface area contributed by atoms with Crippen molar-refractivity contribution < 1.29 is 4.39 Å². The van der Waals surface area contributed by atoms with Crippen LogP contribution in [0.2, 0.25) is 0 Å². The second kappa shape index (κ2) is 11.2. The van der Waals surface area contributed by atoms with Gasteiger partial charge in [0.1, 0.15) is 0 Å². The molecule has 4 nitrogen and oxygen atoms in total. The van der Waals surface area contributed by atoms with Gasteiger partial charge in [0.2, 0.25) is 0 Å². The Balaban J connectivity index is 0.000000672. The van der Waals surface area contributed by atoms with E-state index in [0.717, 1.165) is 29.0 Å². The third kappa shape index (κ3) is 6.10. The minimum atomic E-state index is -0.195. The normalized spacial score (nSPS) is 19.3. The number of hydrogen-bond acceptors (Lipinski definition) is 4. The van der Waals surface area contributed by atoms with E-state index in [9.17, 15) is 4.39 Å². The summed E-state index contributed by atoms with van der Waals surface area (Å²) in [5.74, 6) is 1.51. The Morgan fingerprint density at radius 2 is 1.83 bits per heavy atom. The predicted octanol–water partition coefficient (Wildman–Crippen LogP) is 8.56. The molecule has 6 heteroatoms. The Labute approximate surface area is 214 Å². The first kappa shape index (κ1) is 25.8. The fourth-order valence-electron chi connectivity index (χ4n) is 4.72. The number of halogens is 1. The third-order valence-electron chi connectivity index (χ3n) is 7.09. The van der Waals surface area contributed by atoms with Gasteiger partial charge in [-0.05, 0) is 65.8 Å². The molecular weight excluding hydrogens is 455 g/mol. The number of aromatic amines is 1. The first-order valence-electron chi connectivity index (χ1n) is 12.9. The summed E-state index contributed by atoms with van der Waals surface area (Å²) >= 11 is 1.48. The maximum Gasteiger partial charge on any atom is 0.152 e. The minimum Gasteiger partial charge on any atom is -0.336 e. The second-order valence-electron chi connectivity index (χ2n) is 10.7. The van der Waals surface area contributed by atoms with E-state index in [4.69, 9.17) is 0 Å². The van der Waals surface area contributed by atoms with Crippen LogP contribution in [0.3, 0.4) is 0 Å². The van der Waals surface area contributed by atoms with Gasteiger partial charge in [0.15, 0.2) is 11.6 Å². The largest absolute Gasteiger partial charge is 0.336 e. The van der Waals surface area contributed by atoms with Crippen LogP contribution in [0.4, 0.5) is 15.9 Å². The molecule has 1 fully saturated rings. The summed E-state index contributed by atoms with van der Waals surface area (Å²) in [5, 5.41) is 10.8. The van der Waals surface area contributed by atoms with Crippen LogP contribution in [0.25, 0.3) is 0 Å². The monoisotopic (exact) mass is 494 g/mol. The first-order valence-corrected chi connectivity index (χ1v) is 13.8. The van der Waals surface area contributed by atoms with Crippen molar-refractivity contribution in [1.29, 1.82) is 0 Å². The SMILES string of the molecule is CC(C)(C)c1cccc(C2CCC(c3cc(Nc4ccc5c(c4F)CNS5)n[nH]3)C2)c1.CCCC. The van der Waals surface area contributed by atoms with Gasteiger partial charge < -0.3 is 5.32 Å². The quantitative estimate of drug-likeness (QED) is 0.311. The summed E-state index contributed by atoms with van der Waals surface area (Å²) in [6, 6.07) is 14.9. The first-order chi connectivity index (χ1) is 16.8. The average Bonchev–Trinajstić information content (AvgIpc) is 3.61. The number of nitrogens with one attached hydrogen (secondary N) is 3. The molecule has 188 valence electrons. The van der Waals surface area contributed by atoms with Crippen molar-refractivity contribution in [2.24, 2.45) is 0 Å². The van der Waals surface area contributed by atoms with Crippen LogP contribution >= 0.6 is 11.9 Å². The van der Waals surface area contributed by atoms with Crippen LogP contribution in [-0.4, -0.2) is 10.2 Å². The Morgan fingerprint density at radius 1 is 1.06 bits per heavy atom. The molecule has 2 heterocycles. The van der Waals surface area contributed by atoms with E-state index in [2.05, 4.69) is 79.1 Å². The van der Waals surface area contributed by atoms with Crippen molar-refractivity contribution >= 4 is 23.5 Å². The minimum absolute atomic E-state index is 0.166. The summed E-state index contributed by atoms with van der Waals surface area (Å²) in [7, 11) is 0. The molecule has 1 saturated carbocycles. The molecule has 3 N–H and O–H groups in total. The fraction of sp³-hybridized carbons (Fsp3) is 0.483. The zero-order valence-electron chi connectivity index (χ0n) is 21.7. The van der Waals surface area contributed by atoms with Gasteiger partial charge in [0.05, 0.1) is 5.69 Å². The van der Waals surface area contributed by atoms with E-state index in [1.807, 2.05) is 12.1 Å². The van der Waals surface area contributed by atoms with Crippen LogP contribution in [-0.2, 0) is 12.0 Å². The highest BCUT2D eigenvalue weighted by Gasteiger charge is 2.29. The van der Waals surface area contributed by atoms with E-state index in [1.165, 1.54) is 42.3 Å². The van der Waals surface area contributed by atoms with Crippen molar-refractivity contribution in [2.45, 2.75) is 95.4 Å². The number of benzene rings is 2. The fourth-order valence-corrected chi connectivity index (χ4v) is 5.51. The lowest BCUT2D eigenvalue weighted by atomic mass is 9.84. The van der Waals surface area contributed by atoms with Gasteiger partial charge in [-0.1, -0.05) is 71.7 Å². The highest BCUT2D eigenvalue weighted by Crippen LogP contribution is 2.44. The van der Waals surface area contributed by atoms with Crippen molar-refractivity contribution in [2.75, 3.05) is 5.32 Å². The molecule has 2 unspecified atom stereocenters. The molecule has 3 aromatic rings. The maximum atomic E-state index is 14.8. The lowest BCUT2D eigenvalue weighted by molar-refractivity contribution is 0.586. The Morgan fingerprint density at radius 3 is 2.57 bits per heavy atom. The van der Waals surface area contributed by atoms with Crippen LogP contribution < -0.4 is 10.0 Å². The molecule has 2 atom stereocenters. The summed E-state index contributed by atoms with van der Waals surface area (Å²) in [4.78, 5) is 0.957. The van der Waals surface area contributed by atoms with Crippen molar-refractivity contribution in [1.82, 2.24) is 14.9 Å². The van der Waals surface area contributed by atoms with Crippen molar-refractivity contribution in [3.63, 3.8) is 0 Å². The molecule has 1 aliphatic heterocycles. The number of fused-ring (bicyclic) bond motifs is 1. The number of nitrogens with zero attached hydrogens (tertiary/aromatic N) is 1. The molecular formula is C29H39FN4S. The number of H-pyrrole nitrogens is 1. The van der Waals surface area contributed by atoms with Crippen LogP contribution in [0, 0.1) is 5.82 Å². The zero-order valence-corrected chi connectivity index (χ0v) is 22.5. The molecule has 2 aromatic carbocycles. The van der Waals surface area contributed by atoms with E-state index in [1.54, 1.807) is 6.07 Å². The van der Waals surface area contributed by atoms with Crippen molar-refractivity contribution in [3.05, 3.63) is 70.7 Å². The Hall–Kier alpha value is -2.31. The van der Waals surface area contributed by atoms with E-state index < -0.39 is 0 Å². The highest BCUT2D eigenvalue weighted by atomic mass is 32.2. The Kier molecular flexibility index (Phi) is 8.23. The standard InChI is InChI=1S/C25H29FN4S.C4H10/c1-25(2,3)18-6-4-5-15(12-18)16-7-8-17(11-16)21-13-23(30-29-21)28-20-9-10-22-19(24(20)26)14-27-31-22;1-3-4-2/h4-6,9-10,12-13,16-17,27H,7-8,11,14H2,1-3H3,(H2,28,29,30);3-4H2,1-2H3. The van der Waals surface area contributed by atoms with Gasteiger partial charge in [-0.25, -0.2) is 4.39 Å². The molecule has 2 aliphatic rings. The average molecular weight is 495 g/mol. The number of aromatic nitrogens is 2. The van der Waals surface area contributed by atoms with Gasteiger partial charge in [-0.15, -0.1) is 0 Å². The lowest BCUT2D eigenvalue weighted by Crippen LogP contribution is -2.11. The number of hydrogen-bond donors (Lipinski definition) is 3. The number of rotatable bonds is 5. The molecule has 0 saturated heterocycles. The predicted molar refractivity (Wildman–Crippen MR) is 146 cm³/mol. The lowest BCUT2D eigenvalue weighted by Gasteiger charge is -2.21. The zero-order chi connectivity index (χ0) is 25.0. The van der Waals surface area contributed by atoms with Crippen LogP contribution in [0.15, 0.2) is 47.4 Å². The molecule has 35 heavy (non-hydrogen) atoms. The molecule has 0 amide bonds. The topological polar surface area (TPSA) is 52.7 Å². The highest BCUT2D eigenvalue weighted by molar-refractivity contribution is 7.97. The summed E-state index contributed by atoms with van der Waals surface area (Å²) in [6.45, 7) is 11.7. The summed E-state index contributed by atoms with van der Waals surface area (Å²) in [6.07, 6.45) is 6.08. The van der Waals surface area contributed by atoms with Crippen molar-refractivity contribution in [3.8, 4) is 0 Å². The van der Waals surface area contributed by atoms with Gasteiger partial charge in [0.25, 0.3) is 0 Å². The second-order valence-corrected chi connectivity index (χ2v) is 11.7. The van der Waals surface area contributed by atoms with Crippen LogP contribution in [0.5, 0.6) is 0 Å². The van der Waals surface area contributed by atoms with E-state index >= 15 is 0 Å². The smallest absolute Gasteiger partial charge is 0.152 e. The van der Waals surface area contributed by atoms with E-state index in [-0.39, 0.29) is 11.2 Å². The third-order valence-corrected chi connectivity index (χ3v) is 7.98. The van der Waals surface area contributed by atoms with Gasteiger partial charge in [0, 0.05) is 34.7 Å². The molecule has 1 aromatic heterocycles. The summed E-state index contributed by atoms with van der Waals surface area (Å²) < 4.78 is 17.9. The molecule has 5 rings (SSSR count).